The van der Waals surface area contributed by atoms with Crippen molar-refractivity contribution in [3.8, 4) is 5.69 Å². The van der Waals surface area contributed by atoms with E-state index in [9.17, 15) is 0 Å². The molecule has 0 amide bonds. The molecule has 4 heteroatoms. The monoisotopic (exact) mass is 758 g/mol. The summed E-state index contributed by atoms with van der Waals surface area (Å²) in [5.74, 6) is 0. The molecule has 0 aliphatic carbocycles. The Hall–Kier alpha value is -7.82. The van der Waals surface area contributed by atoms with Crippen molar-refractivity contribution >= 4 is 138 Å². The first-order valence-electron chi connectivity index (χ1n) is 20.9. The van der Waals surface area contributed by atoms with Gasteiger partial charge in [-0.15, -0.1) is 0 Å². The summed E-state index contributed by atoms with van der Waals surface area (Å²) < 4.78 is 9.81. The van der Waals surface area contributed by atoms with Crippen molar-refractivity contribution in [1.29, 1.82) is 0 Å². The van der Waals surface area contributed by atoms with Crippen LogP contribution < -0.4 is 21.5 Å². The third-order valence-electron chi connectivity index (χ3n) is 13.9. The predicted molar refractivity (Wildman–Crippen MR) is 255 cm³/mol. The molecule has 3 nitrogen and oxygen atoms in total. The Balaban J connectivity index is 1.12. The highest BCUT2D eigenvalue weighted by molar-refractivity contribution is 7.00. The van der Waals surface area contributed by atoms with Gasteiger partial charge in [0.2, 0.25) is 0 Å². The van der Waals surface area contributed by atoms with Crippen LogP contribution in [0.4, 0.5) is 17.1 Å². The van der Waals surface area contributed by atoms with E-state index in [0.717, 1.165) is 28.0 Å². The van der Waals surface area contributed by atoms with Crippen LogP contribution in [0.15, 0.2) is 192 Å². The van der Waals surface area contributed by atoms with E-state index < -0.39 is 0 Å². The zero-order valence-electron chi connectivity index (χ0n) is 32.3. The van der Waals surface area contributed by atoms with Gasteiger partial charge in [-0.3, -0.25) is 0 Å². The standard InChI is InChI=1S/C56H31BN2O/c1-2-16-35-33(14-1)34-15-3-5-19-38(34)44-30-32(28-29-40(35)44)58-48-25-13-26-49-53(48)57(56-54(58)43-23-10-12-27-50(43)60-56)46-31-45-39-20-6-4-17-36(39)37-18-7-8-21-41(37)51(45)52-42-22-9-11-24-47(42)59(49)55(46)52/h1-31H. The van der Waals surface area contributed by atoms with Gasteiger partial charge in [0, 0.05) is 38.6 Å². The fourth-order valence-corrected chi connectivity index (χ4v) is 11.6. The van der Waals surface area contributed by atoms with Gasteiger partial charge >= 0.3 is 0 Å². The molecule has 274 valence electrons. The van der Waals surface area contributed by atoms with E-state index in [1.54, 1.807) is 0 Å². The molecule has 4 heterocycles. The minimum absolute atomic E-state index is 0.131. The topological polar surface area (TPSA) is 21.3 Å². The van der Waals surface area contributed by atoms with Crippen LogP contribution in [0.1, 0.15) is 0 Å². The molecule has 0 unspecified atom stereocenters. The molecule has 0 bridgehead atoms. The molecule has 2 aromatic heterocycles. The predicted octanol–water partition coefficient (Wildman–Crippen LogP) is 13.1. The summed E-state index contributed by atoms with van der Waals surface area (Å²) >= 11 is 0. The number of rotatable bonds is 1. The number of nitrogens with zero attached hydrogens (tertiary/aromatic N) is 2. The summed E-state index contributed by atoms with van der Waals surface area (Å²) in [5.41, 5.74) is 11.5. The number of benzene rings is 11. The SMILES string of the molecule is c1cc2c3c(c1)-n1c4ccccc4c4c5c6ccccc6c6ccccc6c5cc(c41)B3c1oc3ccccc3c1N2c1ccc2c3ccccc3c3ccccc3c2c1. The number of anilines is 3. The van der Waals surface area contributed by atoms with Gasteiger partial charge in [-0.1, -0.05) is 146 Å². The van der Waals surface area contributed by atoms with Gasteiger partial charge in [0.05, 0.1) is 22.4 Å². The Morgan fingerprint density at radius 2 is 0.917 bits per heavy atom. The van der Waals surface area contributed by atoms with Gasteiger partial charge in [0.15, 0.2) is 0 Å². The molecule has 0 atom stereocenters. The molecule has 0 saturated carbocycles. The molecule has 2 aliphatic rings. The number of para-hydroxylation sites is 2. The number of fused-ring (bicyclic) bond motifs is 22. The molecular formula is C56H31BN2O. The van der Waals surface area contributed by atoms with E-state index in [1.165, 1.54) is 109 Å². The Morgan fingerprint density at radius 1 is 0.383 bits per heavy atom. The quantitative estimate of drug-likeness (QED) is 0.123. The first-order valence-corrected chi connectivity index (χ1v) is 20.9. The summed E-state index contributed by atoms with van der Waals surface area (Å²) in [6, 6.07) is 69.8. The average Bonchev–Trinajstić information content (AvgIpc) is 3.87. The van der Waals surface area contributed by atoms with Crippen molar-refractivity contribution in [2.75, 3.05) is 4.90 Å². The van der Waals surface area contributed by atoms with E-state index in [4.69, 9.17) is 4.42 Å². The first kappa shape index (κ1) is 31.2. The van der Waals surface area contributed by atoms with E-state index in [2.05, 4.69) is 198 Å². The molecule has 2 aliphatic heterocycles. The largest absolute Gasteiger partial charge is 0.468 e. The van der Waals surface area contributed by atoms with Gasteiger partial charge in [-0.2, -0.15) is 0 Å². The van der Waals surface area contributed by atoms with Crippen LogP contribution in [-0.2, 0) is 0 Å². The van der Waals surface area contributed by atoms with Crippen molar-refractivity contribution in [1.82, 2.24) is 4.57 Å². The lowest BCUT2D eigenvalue weighted by atomic mass is 9.36. The van der Waals surface area contributed by atoms with E-state index in [-0.39, 0.29) is 6.71 Å². The molecule has 11 aromatic carbocycles. The molecule has 60 heavy (non-hydrogen) atoms. The van der Waals surface area contributed by atoms with Gasteiger partial charge < -0.3 is 13.9 Å². The molecular weight excluding hydrogens is 727 g/mol. The molecule has 15 rings (SSSR count). The lowest BCUT2D eigenvalue weighted by molar-refractivity contribution is 0.651. The molecule has 0 saturated heterocycles. The van der Waals surface area contributed by atoms with Crippen LogP contribution >= 0.6 is 0 Å². The minimum Gasteiger partial charge on any atom is -0.468 e. The minimum atomic E-state index is -0.131. The highest BCUT2D eigenvalue weighted by Crippen LogP contribution is 2.48. The molecule has 0 radical (unpaired) electrons. The second-order valence-electron chi connectivity index (χ2n) is 16.7. The lowest BCUT2D eigenvalue weighted by Crippen LogP contribution is -2.60. The van der Waals surface area contributed by atoms with Crippen molar-refractivity contribution in [2.24, 2.45) is 0 Å². The molecule has 13 aromatic rings. The first-order chi connectivity index (χ1) is 29.8. The van der Waals surface area contributed by atoms with Crippen LogP contribution in [0, 0.1) is 0 Å². The normalized spacial score (nSPS) is 13.3. The molecule has 0 fully saturated rings. The Labute approximate surface area is 344 Å². The van der Waals surface area contributed by atoms with Crippen molar-refractivity contribution < 1.29 is 4.42 Å². The Morgan fingerprint density at radius 3 is 1.62 bits per heavy atom. The number of hydrogen-bond acceptors (Lipinski definition) is 2. The number of furan rings is 1. The van der Waals surface area contributed by atoms with Gasteiger partial charge in [-0.25, -0.2) is 0 Å². The van der Waals surface area contributed by atoms with Crippen LogP contribution in [0.5, 0.6) is 0 Å². The molecule has 0 N–H and O–H groups in total. The fraction of sp³-hybridized carbons (Fsp3) is 0. The second-order valence-corrected chi connectivity index (χ2v) is 16.7. The van der Waals surface area contributed by atoms with Gasteiger partial charge in [-0.05, 0) is 113 Å². The van der Waals surface area contributed by atoms with Crippen LogP contribution in [0.3, 0.4) is 0 Å². The number of hydrogen-bond donors (Lipinski definition) is 0. The summed E-state index contributed by atoms with van der Waals surface area (Å²) in [6.07, 6.45) is 0. The lowest BCUT2D eigenvalue weighted by Gasteiger charge is -2.38. The zero-order valence-corrected chi connectivity index (χ0v) is 32.3. The van der Waals surface area contributed by atoms with Gasteiger partial charge in [0.25, 0.3) is 6.71 Å². The van der Waals surface area contributed by atoms with Gasteiger partial charge in [0.1, 0.15) is 5.58 Å². The highest BCUT2D eigenvalue weighted by Gasteiger charge is 2.46. The third kappa shape index (κ3) is 3.70. The summed E-state index contributed by atoms with van der Waals surface area (Å²) in [5, 5.41) is 19.0. The van der Waals surface area contributed by atoms with Crippen LogP contribution in [0.2, 0.25) is 0 Å². The van der Waals surface area contributed by atoms with Crippen molar-refractivity contribution in [3.63, 3.8) is 0 Å². The second kappa shape index (κ2) is 11.0. The average molecular weight is 759 g/mol. The van der Waals surface area contributed by atoms with Crippen molar-refractivity contribution in [3.05, 3.63) is 188 Å². The molecule has 0 spiro atoms. The van der Waals surface area contributed by atoms with Crippen LogP contribution in [0.25, 0.3) is 103 Å². The van der Waals surface area contributed by atoms with E-state index in [1.807, 2.05) is 0 Å². The van der Waals surface area contributed by atoms with E-state index >= 15 is 0 Å². The highest BCUT2D eigenvalue weighted by atomic mass is 16.3. The van der Waals surface area contributed by atoms with Crippen molar-refractivity contribution in [2.45, 2.75) is 0 Å². The zero-order chi connectivity index (χ0) is 38.8. The summed E-state index contributed by atoms with van der Waals surface area (Å²) in [7, 11) is 0. The van der Waals surface area contributed by atoms with E-state index in [0.29, 0.717) is 0 Å². The Bertz CT molecular complexity index is 4060. The fourth-order valence-electron chi connectivity index (χ4n) is 11.6. The maximum Gasteiger partial charge on any atom is 0.297 e. The maximum atomic E-state index is 7.25. The van der Waals surface area contributed by atoms with Crippen LogP contribution in [-0.4, -0.2) is 11.3 Å². The summed E-state index contributed by atoms with van der Waals surface area (Å²) in [6.45, 7) is -0.131. The third-order valence-corrected chi connectivity index (χ3v) is 13.9. The summed E-state index contributed by atoms with van der Waals surface area (Å²) in [4.78, 5) is 2.50. The Kier molecular flexibility index (Phi) is 5.73. The maximum absolute atomic E-state index is 7.25. The number of aromatic nitrogens is 1. The smallest absolute Gasteiger partial charge is 0.297 e.